The van der Waals surface area contributed by atoms with E-state index in [2.05, 4.69) is 5.32 Å². The lowest BCUT2D eigenvalue weighted by molar-refractivity contribution is -0.264. The van der Waals surface area contributed by atoms with Gasteiger partial charge < -0.3 is 29.0 Å². The molecule has 3 unspecified atom stereocenters. The second-order valence-corrected chi connectivity index (χ2v) is 14.0. The predicted molar refractivity (Wildman–Crippen MR) is 141 cm³/mol. The number of carbonyl (C=O) groups is 5. The van der Waals surface area contributed by atoms with Crippen LogP contribution in [-0.2, 0) is 47.7 Å². The Kier molecular flexibility index (Phi) is 10.8. The molecule has 0 saturated carbocycles. The number of hydrogen-bond acceptors (Lipinski definition) is 10. The monoisotopic (exact) mass is 557 g/mol. The molecule has 0 aromatic carbocycles. The molecule has 0 aromatic rings. The molecule has 1 amide bonds. The first-order chi connectivity index (χ1) is 17.4. The highest BCUT2D eigenvalue weighted by Gasteiger charge is 2.54. The van der Waals surface area contributed by atoms with Crippen molar-refractivity contribution in [3.8, 4) is 0 Å². The van der Waals surface area contributed by atoms with Gasteiger partial charge in [-0.1, -0.05) is 0 Å². The van der Waals surface area contributed by atoms with Crippen molar-refractivity contribution >= 4 is 29.8 Å². The number of nitrogens with one attached hydrogen (secondary N) is 1. The highest BCUT2D eigenvalue weighted by atomic mass is 16.7. The molecule has 5 atom stereocenters. The molecule has 0 spiro atoms. The normalized spacial score (nSPS) is 24.3. The molecular weight excluding hydrogens is 510 g/mol. The van der Waals surface area contributed by atoms with Crippen LogP contribution in [0.15, 0.2) is 0 Å². The fraction of sp³-hybridized carbons (Fsp3) is 0.821. The van der Waals surface area contributed by atoms with Gasteiger partial charge in [-0.25, -0.2) is 0 Å². The summed E-state index contributed by atoms with van der Waals surface area (Å²) in [6.45, 7) is 20.6. The number of amides is 1. The molecule has 0 bridgehead atoms. The van der Waals surface area contributed by atoms with Crippen molar-refractivity contribution in [2.45, 2.75) is 121 Å². The summed E-state index contributed by atoms with van der Waals surface area (Å²) in [5.41, 5.74) is -3.74. The van der Waals surface area contributed by atoms with Crippen molar-refractivity contribution in [2.24, 2.45) is 21.7 Å². The van der Waals surface area contributed by atoms with Gasteiger partial charge in [0.25, 0.3) is 0 Å². The first-order valence-corrected chi connectivity index (χ1v) is 13.1. The lowest BCUT2D eigenvalue weighted by atomic mass is 9.92. The van der Waals surface area contributed by atoms with Gasteiger partial charge >= 0.3 is 23.9 Å². The van der Waals surface area contributed by atoms with E-state index in [1.54, 1.807) is 83.1 Å². The Morgan fingerprint density at radius 3 is 1.31 bits per heavy atom. The minimum Gasteiger partial charge on any atom is -0.462 e. The van der Waals surface area contributed by atoms with E-state index >= 15 is 0 Å². The van der Waals surface area contributed by atoms with Crippen LogP contribution in [0.1, 0.15) is 90.0 Å². The Bertz CT molecular complexity index is 930. The maximum Gasteiger partial charge on any atom is 0.311 e. The maximum atomic E-state index is 13.1. The fourth-order valence-corrected chi connectivity index (χ4v) is 3.05. The minimum atomic E-state index is -1.40. The van der Waals surface area contributed by atoms with E-state index in [1.165, 1.54) is 6.92 Å². The van der Waals surface area contributed by atoms with E-state index in [-0.39, 0.29) is 0 Å². The number of ether oxygens (including phenoxy) is 5. The molecule has 0 aliphatic carbocycles. The zero-order valence-corrected chi connectivity index (χ0v) is 25.7. The van der Waals surface area contributed by atoms with Crippen LogP contribution in [0.3, 0.4) is 0 Å². The van der Waals surface area contributed by atoms with Crippen molar-refractivity contribution in [1.29, 1.82) is 0 Å². The summed E-state index contributed by atoms with van der Waals surface area (Å²) in [7, 11) is 0. The third-order valence-corrected chi connectivity index (χ3v) is 5.54. The predicted octanol–water partition coefficient (Wildman–Crippen LogP) is 3.31. The molecule has 11 heteroatoms. The first kappa shape index (κ1) is 34.3. The van der Waals surface area contributed by atoms with Gasteiger partial charge in [-0.3, -0.25) is 24.0 Å². The molecule has 11 nitrogen and oxygen atoms in total. The Morgan fingerprint density at radius 2 is 0.949 bits per heavy atom. The molecule has 1 rings (SSSR count). The fourth-order valence-electron chi connectivity index (χ4n) is 3.05. The number of rotatable bonds is 6. The Balaban J connectivity index is 3.70. The molecule has 39 heavy (non-hydrogen) atoms. The first-order valence-electron chi connectivity index (χ1n) is 13.1. The lowest BCUT2D eigenvalue weighted by Gasteiger charge is -2.46. The Morgan fingerprint density at radius 1 is 0.590 bits per heavy atom. The molecule has 0 aromatic heterocycles. The van der Waals surface area contributed by atoms with Crippen LogP contribution in [0.2, 0.25) is 0 Å². The van der Waals surface area contributed by atoms with Crippen molar-refractivity contribution < 1.29 is 47.7 Å². The van der Waals surface area contributed by atoms with Crippen LogP contribution in [0, 0.1) is 21.7 Å². The van der Waals surface area contributed by atoms with E-state index in [9.17, 15) is 24.0 Å². The molecule has 0 radical (unpaired) electrons. The third kappa shape index (κ3) is 10.1. The van der Waals surface area contributed by atoms with E-state index in [0.29, 0.717) is 0 Å². The average molecular weight is 558 g/mol. The van der Waals surface area contributed by atoms with Gasteiger partial charge in [0, 0.05) is 6.92 Å². The van der Waals surface area contributed by atoms with E-state index < -0.39 is 88.7 Å². The quantitative estimate of drug-likeness (QED) is 0.381. The van der Waals surface area contributed by atoms with Crippen LogP contribution in [0.5, 0.6) is 0 Å². The van der Waals surface area contributed by atoms with Crippen LogP contribution in [-0.4, -0.2) is 67.0 Å². The van der Waals surface area contributed by atoms with Crippen LogP contribution < -0.4 is 5.32 Å². The largest absolute Gasteiger partial charge is 0.462 e. The molecular formula is C28H47NO10. The summed E-state index contributed by atoms with van der Waals surface area (Å²) in [5, 5.41) is 2.57. The highest BCUT2D eigenvalue weighted by molar-refractivity contribution is 5.78. The number of carbonyl (C=O) groups excluding carboxylic acids is 5. The molecule has 224 valence electrons. The second kappa shape index (κ2) is 12.2. The smallest absolute Gasteiger partial charge is 0.311 e. The van der Waals surface area contributed by atoms with Crippen molar-refractivity contribution in [3.05, 3.63) is 0 Å². The van der Waals surface area contributed by atoms with Crippen molar-refractivity contribution in [2.75, 3.05) is 6.61 Å². The lowest BCUT2D eigenvalue weighted by Crippen LogP contribution is -2.67. The molecule has 1 aliphatic rings. The summed E-state index contributed by atoms with van der Waals surface area (Å²) in [6, 6.07) is 0. The summed E-state index contributed by atoms with van der Waals surface area (Å²) in [4.78, 5) is 63.8. The van der Waals surface area contributed by atoms with Crippen LogP contribution in [0.4, 0.5) is 0 Å². The second-order valence-electron chi connectivity index (χ2n) is 14.0. The van der Waals surface area contributed by atoms with Gasteiger partial charge in [-0.2, -0.15) is 0 Å². The van der Waals surface area contributed by atoms with Gasteiger partial charge in [0.15, 0.2) is 24.5 Å². The maximum absolute atomic E-state index is 13.1. The van der Waals surface area contributed by atoms with Crippen molar-refractivity contribution in [3.63, 3.8) is 0 Å². The van der Waals surface area contributed by atoms with Crippen LogP contribution >= 0.6 is 0 Å². The molecule has 1 fully saturated rings. The van der Waals surface area contributed by atoms with Gasteiger partial charge in [0.05, 0.1) is 21.7 Å². The highest BCUT2D eigenvalue weighted by Crippen LogP contribution is 2.33. The SMILES string of the molecule is CC(=O)N[C@@H]1OC(COC(=O)C(C)(C)C)[C@H](OC(=O)C(C)(C)C)C(OC(=O)C(C)(C)C)C1OC(=O)C(C)(C)C. The van der Waals surface area contributed by atoms with Gasteiger partial charge in [0.1, 0.15) is 12.7 Å². The van der Waals surface area contributed by atoms with Gasteiger partial charge in [0.2, 0.25) is 5.91 Å². The molecule has 1 heterocycles. The van der Waals surface area contributed by atoms with Gasteiger partial charge in [-0.15, -0.1) is 0 Å². The minimum absolute atomic E-state index is 0.391. The summed E-state index contributed by atoms with van der Waals surface area (Å²) in [6.07, 6.45) is -6.63. The zero-order valence-electron chi connectivity index (χ0n) is 25.7. The number of esters is 4. The summed E-state index contributed by atoms with van der Waals surface area (Å²) < 4.78 is 29.0. The van der Waals surface area contributed by atoms with E-state index in [1.807, 2.05) is 0 Å². The topological polar surface area (TPSA) is 144 Å². The van der Waals surface area contributed by atoms with Gasteiger partial charge in [-0.05, 0) is 83.1 Å². The molecule has 1 aliphatic heterocycles. The Labute approximate surface area is 232 Å². The van der Waals surface area contributed by atoms with Crippen molar-refractivity contribution in [1.82, 2.24) is 5.32 Å². The Hall–Kier alpha value is -2.69. The summed E-state index contributed by atoms with van der Waals surface area (Å²) >= 11 is 0. The third-order valence-electron chi connectivity index (χ3n) is 5.54. The molecule has 1 N–H and O–H groups in total. The average Bonchev–Trinajstić information content (AvgIpc) is 2.72. The zero-order chi connectivity index (χ0) is 30.7. The number of hydrogen-bond donors (Lipinski definition) is 1. The van der Waals surface area contributed by atoms with Crippen LogP contribution in [0.25, 0.3) is 0 Å². The molecule has 1 saturated heterocycles. The summed E-state index contributed by atoms with van der Waals surface area (Å²) in [5.74, 6) is -3.06. The van der Waals surface area contributed by atoms with E-state index in [0.717, 1.165) is 0 Å². The standard InChI is InChI=1S/C28H47NO10/c1-15(30)29-20-19(39-24(34)28(11,12)13)18(38-23(33)27(8,9)10)17(37-22(32)26(5,6)7)16(36-20)14-35-21(31)25(2,3)4/h16-20H,14H2,1-13H3,(H,29,30)/t16?,17-,18?,19?,20+/m0/s1. The van der Waals surface area contributed by atoms with E-state index in [4.69, 9.17) is 23.7 Å².